The molecule has 0 unspecified atom stereocenters. The predicted molar refractivity (Wildman–Crippen MR) is 113 cm³/mol. The number of guanidine groups is 1. The molecule has 0 saturated carbocycles. The standard InChI is InChI=1S/C16H21BrN6O.HI/c1-18-16(21-11-14-6-7-22-23(14)2)20-9-8-19-15(24)12-4-3-5-13(17)10-12;/h3-7,10H,8-9,11H2,1-2H3,(H,19,24)(H2,18,20,21);1H. The molecule has 0 radical (unpaired) electrons. The second kappa shape index (κ2) is 11.1. The van der Waals surface area contributed by atoms with Crippen LogP contribution in [-0.4, -0.2) is 41.8 Å². The summed E-state index contributed by atoms with van der Waals surface area (Å²) in [5.41, 5.74) is 1.68. The molecule has 1 aromatic carbocycles. The average Bonchev–Trinajstić information content (AvgIpc) is 2.99. The molecular weight excluding hydrogens is 499 g/mol. The summed E-state index contributed by atoms with van der Waals surface area (Å²) >= 11 is 3.36. The lowest BCUT2D eigenvalue weighted by Gasteiger charge is -2.12. The molecule has 1 heterocycles. The first-order chi connectivity index (χ1) is 11.6. The third kappa shape index (κ3) is 7.02. The van der Waals surface area contributed by atoms with Gasteiger partial charge in [0.1, 0.15) is 0 Å². The Morgan fingerprint density at radius 3 is 2.64 bits per heavy atom. The van der Waals surface area contributed by atoms with Crippen LogP contribution in [-0.2, 0) is 13.6 Å². The van der Waals surface area contributed by atoms with Gasteiger partial charge in [0.2, 0.25) is 0 Å². The Hall–Kier alpha value is -1.62. The van der Waals surface area contributed by atoms with Gasteiger partial charge in [-0.05, 0) is 24.3 Å². The van der Waals surface area contributed by atoms with Crippen molar-refractivity contribution in [3.8, 4) is 0 Å². The molecule has 1 aromatic heterocycles. The highest BCUT2D eigenvalue weighted by atomic mass is 127. The smallest absolute Gasteiger partial charge is 0.251 e. The summed E-state index contributed by atoms with van der Waals surface area (Å²) in [5, 5.41) is 13.3. The van der Waals surface area contributed by atoms with Crippen LogP contribution in [0.5, 0.6) is 0 Å². The average molecular weight is 521 g/mol. The lowest BCUT2D eigenvalue weighted by atomic mass is 10.2. The van der Waals surface area contributed by atoms with E-state index in [1.54, 1.807) is 30.1 Å². The van der Waals surface area contributed by atoms with Gasteiger partial charge in [-0.15, -0.1) is 24.0 Å². The van der Waals surface area contributed by atoms with E-state index in [1.807, 2.05) is 25.2 Å². The summed E-state index contributed by atoms with van der Waals surface area (Å²) in [6.45, 7) is 1.70. The summed E-state index contributed by atoms with van der Waals surface area (Å²) in [4.78, 5) is 16.2. The number of hydrogen-bond acceptors (Lipinski definition) is 3. The van der Waals surface area contributed by atoms with Crippen LogP contribution in [0.15, 0.2) is 46.0 Å². The van der Waals surface area contributed by atoms with E-state index in [1.165, 1.54) is 0 Å². The zero-order valence-corrected chi connectivity index (χ0v) is 18.0. The second-order valence-corrected chi connectivity index (χ2v) is 5.98. The molecule has 136 valence electrons. The minimum absolute atomic E-state index is 0. The zero-order chi connectivity index (χ0) is 17.4. The fraction of sp³-hybridized carbons (Fsp3) is 0.312. The van der Waals surface area contributed by atoms with Gasteiger partial charge < -0.3 is 16.0 Å². The SMILES string of the molecule is CN=C(NCCNC(=O)c1cccc(Br)c1)NCc1ccnn1C.I. The molecule has 2 rings (SSSR count). The van der Waals surface area contributed by atoms with Crippen molar-refractivity contribution in [1.29, 1.82) is 0 Å². The number of carbonyl (C=O) groups is 1. The van der Waals surface area contributed by atoms with Crippen LogP contribution in [0.3, 0.4) is 0 Å². The number of aryl methyl sites for hydroxylation is 1. The molecule has 0 saturated heterocycles. The van der Waals surface area contributed by atoms with Crippen molar-refractivity contribution in [2.45, 2.75) is 6.54 Å². The fourth-order valence-electron chi connectivity index (χ4n) is 2.06. The van der Waals surface area contributed by atoms with Gasteiger partial charge in [0, 0.05) is 43.4 Å². The maximum absolute atomic E-state index is 12.0. The molecule has 0 bridgehead atoms. The molecule has 25 heavy (non-hydrogen) atoms. The van der Waals surface area contributed by atoms with E-state index < -0.39 is 0 Å². The summed E-state index contributed by atoms with van der Waals surface area (Å²) < 4.78 is 2.69. The fourth-order valence-corrected chi connectivity index (χ4v) is 2.46. The molecule has 0 aliphatic rings. The van der Waals surface area contributed by atoms with Crippen LogP contribution in [0, 0.1) is 0 Å². The lowest BCUT2D eigenvalue weighted by Crippen LogP contribution is -2.41. The van der Waals surface area contributed by atoms with E-state index in [0.717, 1.165) is 10.2 Å². The minimum atomic E-state index is -0.101. The Morgan fingerprint density at radius 1 is 1.24 bits per heavy atom. The first-order valence-corrected chi connectivity index (χ1v) is 8.34. The van der Waals surface area contributed by atoms with Crippen molar-refractivity contribution >= 4 is 51.8 Å². The van der Waals surface area contributed by atoms with Crippen molar-refractivity contribution in [3.05, 3.63) is 52.3 Å². The van der Waals surface area contributed by atoms with Crippen molar-refractivity contribution < 1.29 is 4.79 Å². The molecular formula is C16H22BrIN6O. The number of rotatable bonds is 6. The van der Waals surface area contributed by atoms with Gasteiger partial charge in [0.25, 0.3) is 5.91 Å². The monoisotopic (exact) mass is 520 g/mol. The molecule has 0 aliphatic carbocycles. The van der Waals surface area contributed by atoms with Gasteiger partial charge in [-0.25, -0.2) is 0 Å². The van der Waals surface area contributed by atoms with E-state index in [2.05, 4.69) is 42.0 Å². The largest absolute Gasteiger partial charge is 0.355 e. The number of carbonyl (C=O) groups excluding carboxylic acids is 1. The van der Waals surface area contributed by atoms with Crippen molar-refractivity contribution in [2.24, 2.45) is 12.0 Å². The number of hydrogen-bond donors (Lipinski definition) is 3. The minimum Gasteiger partial charge on any atom is -0.355 e. The Balaban J connectivity index is 0.00000312. The third-order valence-electron chi connectivity index (χ3n) is 3.37. The van der Waals surface area contributed by atoms with Gasteiger partial charge in [0.15, 0.2) is 5.96 Å². The first-order valence-electron chi connectivity index (χ1n) is 7.55. The zero-order valence-electron chi connectivity index (χ0n) is 14.1. The van der Waals surface area contributed by atoms with Gasteiger partial charge in [-0.1, -0.05) is 22.0 Å². The highest BCUT2D eigenvalue weighted by molar-refractivity contribution is 14.0. The molecule has 1 amide bonds. The molecule has 7 nitrogen and oxygen atoms in total. The Labute approximate surface area is 172 Å². The first kappa shape index (κ1) is 21.4. The van der Waals surface area contributed by atoms with Crippen molar-refractivity contribution in [3.63, 3.8) is 0 Å². The van der Waals surface area contributed by atoms with Gasteiger partial charge in [-0.3, -0.25) is 14.5 Å². The molecule has 2 aromatic rings. The lowest BCUT2D eigenvalue weighted by molar-refractivity contribution is 0.0954. The number of aromatic nitrogens is 2. The normalized spacial score (nSPS) is 10.8. The van der Waals surface area contributed by atoms with Crippen LogP contribution in [0.25, 0.3) is 0 Å². The molecule has 0 aliphatic heterocycles. The maximum atomic E-state index is 12.0. The molecule has 9 heteroatoms. The van der Waals surface area contributed by atoms with Crippen molar-refractivity contribution in [1.82, 2.24) is 25.7 Å². The molecule has 0 fully saturated rings. The maximum Gasteiger partial charge on any atom is 0.251 e. The van der Waals surface area contributed by atoms with Crippen LogP contribution in [0.1, 0.15) is 16.1 Å². The quantitative estimate of drug-likeness (QED) is 0.235. The Kier molecular flexibility index (Phi) is 9.50. The highest BCUT2D eigenvalue weighted by Crippen LogP contribution is 2.11. The Bertz CT molecular complexity index is 718. The second-order valence-electron chi connectivity index (χ2n) is 5.06. The van der Waals surface area contributed by atoms with Crippen molar-refractivity contribution in [2.75, 3.05) is 20.1 Å². The van der Waals surface area contributed by atoms with Crippen LogP contribution in [0.4, 0.5) is 0 Å². The third-order valence-corrected chi connectivity index (χ3v) is 3.87. The van der Waals surface area contributed by atoms with Crippen LogP contribution < -0.4 is 16.0 Å². The van der Waals surface area contributed by atoms with Gasteiger partial charge >= 0.3 is 0 Å². The van der Waals surface area contributed by atoms with E-state index >= 15 is 0 Å². The number of benzene rings is 1. The summed E-state index contributed by atoms with van der Waals surface area (Å²) in [5.74, 6) is 0.573. The number of aliphatic imine (C=N–C) groups is 1. The predicted octanol–water partition coefficient (Wildman–Crippen LogP) is 1.90. The van der Waals surface area contributed by atoms with E-state index in [0.29, 0.717) is 31.2 Å². The van der Waals surface area contributed by atoms with E-state index in [4.69, 9.17) is 0 Å². The van der Waals surface area contributed by atoms with Crippen LogP contribution >= 0.6 is 39.9 Å². The van der Waals surface area contributed by atoms with Gasteiger partial charge in [0.05, 0.1) is 12.2 Å². The number of nitrogens with zero attached hydrogens (tertiary/aromatic N) is 3. The molecule has 3 N–H and O–H groups in total. The highest BCUT2D eigenvalue weighted by Gasteiger charge is 2.05. The number of amides is 1. The summed E-state index contributed by atoms with van der Waals surface area (Å²) in [6.07, 6.45) is 1.75. The molecule has 0 atom stereocenters. The Morgan fingerprint density at radius 2 is 2.00 bits per heavy atom. The topological polar surface area (TPSA) is 83.3 Å². The summed E-state index contributed by atoms with van der Waals surface area (Å²) in [7, 11) is 3.60. The number of nitrogens with one attached hydrogen (secondary N) is 3. The van der Waals surface area contributed by atoms with E-state index in [9.17, 15) is 4.79 Å². The van der Waals surface area contributed by atoms with Crippen LogP contribution in [0.2, 0.25) is 0 Å². The van der Waals surface area contributed by atoms with Gasteiger partial charge in [-0.2, -0.15) is 5.10 Å². The number of halogens is 2. The molecule has 0 spiro atoms. The van der Waals surface area contributed by atoms with E-state index in [-0.39, 0.29) is 29.9 Å². The summed E-state index contributed by atoms with van der Waals surface area (Å²) in [6, 6.07) is 9.23.